The SMILES string of the molecule is Cc1cc(C)c(C(C)NC(=O)CNCCOc2ccccc2F)cc1C. The highest BCUT2D eigenvalue weighted by Crippen LogP contribution is 2.21. The van der Waals surface area contributed by atoms with Gasteiger partial charge in [0.2, 0.25) is 5.91 Å². The number of aryl methyl sites for hydroxylation is 3. The molecule has 0 spiro atoms. The fourth-order valence-corrected chi connectivity index (χ4v) is 2.82. The number of halogens is 1. The highest BCUT2D eigenvalue weighted by molar-refractivity contribution is 5.78. The van der Waals surface area contributed by atoms with Crippen molar-refractivity contribution in [1.29, 1.82) is 0 Å². The molecule has 5 heteroatoms. The van der Waals surface area contributed by atoms with Crippen molar-refractivity contribution >= 4 is 5.91 Å². The van der Waals surface area contributed by atoms with Crippen LogP contribution in [0.2, 0.25) is 0 Å². The molecular formula is C21H27FN2O2. The van der Waals surface area contributed by atoms with Gasteiger partial charge in [-0.1, -0.05) is 24.3 Å². The van der Waals surface area contributed by atoms with E-state index in [2.05, 4.69) is 43.5 Å². The Morgan fingerprint density at radius 2 is 1.81 bits per heavy atom. The molecule has 0 fully saturated rings. The van der Waals surface area contributed by atoms with Crippen LogP contribution in [-0.2, 0) is 4.79 Å². The maximum Gasteiger partial charge on any atom is 0.234 e. The van der Waals surface area contributed by atoms with E-state index >= 15 is 0 Å². The number of amides is 1. The molecule has 0 saturated heterocycles. The zero-order valence-electron chi connectivity index (χ0n) is 15.9. The van der Waals surface area contributed by atoms with Crippen LogP contribution >= 0.6 is 0 Å². The molecule has 140 valence electrons. The second kappa shape index (κ2) is 9.34. The summed E-state index contributed by atoms with van der Waals surface area (Å²) in [6, 6.07) is 10.5. The van der Waals surface area contributed by atoms with Crippen molar-refractivity contribution in [2.75, 3.05) is 19.7 Å². The molecule has 2 rings (SSSR count). The summed E-state index contributed by atoms with van der Waals surface area (Å²) in [5, 5.41) is 6.01. The molecule has 2 aromatic carbocycles. The molecule has 4 nitrogen and oxygen atoms in total. The van der Waals surface area contributed by atoms with Crippen molar-refractivity contribution in [3.05, 3.63) is 64.5 Å². The Labute approximate surface area is 154 Å². The summed E-state index contributed by atoms with van der Waals surface area (Å²) in [5.41, 5.74) is 4.77. The molecule has 0 aliphatic heterocycles. The van der Waals surface area contributed by atoms with Crippen molar-refractivity contribution in [2.24, 2.45) is 0 Å². The zero-order chi connectivity index (χ0) is 19.1. The van der Waals surface area contributed by atoms with Crippen molar-refractivity contribution in [1.82, 2.24) is 10.6 Å². The largest absolute Gasteiger partial charge is 0.489 e. The Bertz CT molecular complexity index is 762. The number of benzene rings is 2. The van der Waals surface area contributed by atoms with Crippen molar-refractivity contribution in [2.45, 2.75) is 33.7 Å². The van der Waals surface area contributed by atoms with Crippen LogP contribution in [0.4, 0.5) is 4.39 Å². The molecule has 1 unspecified atom stereocenters. The maximum absolute atomic E-state index is 13.4. The van der Waals surface area contributed by atoms with E-state index in [0.717, 1.165) is 5.56 Å². The van der Waals surface area contributed by atoms with Crippen LogP contribution in [0, 0.1) is 26.6 Å². The summed E-state index contributed by atoms with van der Waals surface area (Å²) >= 11 is 0. The topological polar surface area (TPSA) is 50.4 Å². The van der Waals surface area contributed by atoms with Crippen LogP contribution < -0.4 is 15.4 Å². The van der Waals surface area contributed by atoms with Gasteiger partial charge in [-0.3, -0.25) is 4.79 Å². The number of rotatable bonds is 8. The van der Waals surface area contributed by atoms with Crippen LogP contribution in [0.5, 0.6) is 5.75 Å². The number of nitrogens with one attached hydrogen (secondary N) is 2. The molecule has 0 saturated carbocycles. The minimum Gasteiger partial charge on any atom is -0.489 e. The Hall–Kier alpha value is -2.40. The van der Waals surface area contributed by atoms with E-state index in [1.54, 1.807) is 18.2 Å². The average Bonchev–Trinajstić information content (AvgIpc) is 2.59. The fraction of sp³-hybridized carbons (Fsp3) is 0.381. The van der Waals surface area contributed by atoms with Gasteiger partial charge in [0.05, 0.1) is 12.6 Å². The number of ether oxygens (including phenoxy) is 1. The predicted octanol–water partition coefficient (Wildman–Crippen LogP) is 3.60. The van der Waals surface area contributed by atoms with E-state index in [4.69, 9.17) is 4.74 Å². The third-order valence-corrected chi connectivity index (χ3v) is 4.38. The van der Waals surface area contributed by atoms with E-state index in [1.807, 2.05) is 6.92 Å². The molecule has 1 atom stereocenters. The lowest BCUT2D eigenvalue weighted by molar-refractivity contribution is -0.120. The molecular weight excluding hydrogens is 331 g/mol. The number of carbonyl (C=O) groups excluding carboxylic acids is 1. The Balaban J connectivity index is 1.73. The summed E-state index contributed by atoms with van der Waals surface area (Å²) in [6.07, 6.45) is 0. The normalized spacial score (nSPS) is 11.9. The van der Waals surface area contributed by atoms with Gasteiger partial charge in [-0.2, -0.15) is 0 Å². The minimum absolute atomic E-state index is 0.0572. The predicted molar refractivity (Wildman–Crippen MR) is 102 cm³/mol. The van der Waals surface area contributed by atoms with E-state index in [0.29, 0.717) is 13.2 Å². The van der Waals surface area contributed by atoms with Gasteiger partial charge in [0, 0.05) is 6.54 Å². The van der Waals surface area contributed by atoms with E-state index in [1.165, 1.54) is 22.8 Å². The quantitative estimate of drug-likeness (QED) is 0.709. The average molecular weight is 358 g/mol. The van der Waals surface area contributed by atoms with Crippen molar-refractivity contribution in [3.8, 4) is 5.75 Å². The second-order valence-electron chi connectivity index (χ2n) is 6.54. The number of hydrogen-bond acceptors (Lipinski definition) is 3. The Morgan fingerprint density at radius 3 is 2.54 bits per heavy atom. The Morgan fingerprint density at radius 1 is 1.12 bits per heavy atom. The third kappa shape index (κ3) is 5.56. The van der Waals surface area contributed by atoms with Gasteiger partial charge in [0.15, 0.2) is 11.6 Å². The van der Waals surface area contributed by atoms with E-state index in [-0.39, 0.29) is 30.1 Å². The molecule has 26 heavy (non-hydrogen) atoms. The summed E-state index contributed by atoms with van der Waals surface area (Å²) in [6.45, 7) is 9.14. The number of carbonyl (C=O) groups is 1. The molecule has 0 aromatic heterocycles. The van der Waals surface area contributed by atoms with E-state index in [9.17, 15) is 9.18 Å². The van der Waals surface area contributed by atoms with Gasteiger partial charge < -0.3 is 15.4 Å². The first-order valence-corrected chi connectivity index (χ1v) is 8.83. The molecule has 0 heterocycles. The standard InChI is InChI=1S/C21H27FN2O2/c1-14-11-16(3)18(12-15(14)2)17(4)24-21(25)13-23-9-10-26-20-8-6-5-7-19(20)22/h5-8,11-12,17,23H,9-10,13H2,1-4H3,(H,24,25). The zero-order valence-corrected chi connectivity index (χ0v) is 15.9. The van der Waals surface area contributed by atoms with Gasteiger partial charge in [0.25, 0.3) is 0 Å². The molecule has 1 amide bonds. The smallest absolute Gasteiger partial charge is 0.234 e. The lowest BCUT2D eigenvalue weighted by Gasteiger charge is -2.18. The highest BCUT2D eigenvalue weighted by atomic mass is 19.1. The summed E-state index contributed by atoms with van der Waals surface area (Å²) in [4.78, 5) is 12.1. The minimum atomic E-state index is -0.386. The molecule has 0 radical (unpaired) electrons. The van der Waals surface area contributed by atoms with Crippen LogP contribution in [0.1, 0.15) is 35.2 Å². The third-order valence-electron chi connectivity index (χ3n) is 4.38. The summed E-state index contributed by atoms with van der Waals surface area (Å²) in [7, 11) is 0. The molecule has 0 aliphatic carbocycles. The van der Waals surface area contributed by atoms with Gasteiger partial charge in [-0.05, 0) is 62.1 Å². The number of hydrogen-bond donors (Lipinski definition) is 2. The summed E-state index contributed by atoms with van der Waals surface area (Å²) in [5.74, 6) is -0.249. The van der Waals surface area contributed by atoms with E-state index < -0.39 is 0 Å². The number of para-hydroxylation sites is 1. The van der Waals surface area contributed by atoms with Crippen LogP contribution in [-0.4, -0.2) is 25.6 Å². The monoisotopic (exact) mass is 358 g/mol. The van der Waals surface area contributed by atoms with Crippen LogP contribution in [0.3, 0.4) is 0 Å². The van der Waals surface area contributed by atoms with Gasteiger partial charge in [0.1, 0.15) is 6.61 Å². The second-order valence-corrected chi connectivity index (χ2v) is 6.54. The Kier molecular flexibility index (Phi) is 7.16. The van der Waals surface area contributed by atoms with Crippen molar-refractivity contribution in [3.63, 3.8) is 0 Å². The first kappa shape index (κ1) is 19.9. The molecule has 0 bridgehead atoms. The molecule has 2 N–H and O–H groups in total. The maximum atomic E-state index is 13.4. The first-order valence-electron chi connectivity index (χ1n) is 8.83. The van der Waals surface area contributed by atoms with Crippen molar-refractivity contribution < 1.29 is 13.9 Å². The van der Waals surface area contributed by atoms with Crippen LogP contribution in [0.15, 0.2) is 36.4 Å². The van der Waals surface area contributed by atoms with Gasteiger partial charge in [-0.15, -0.1) is 0 Å². The molecule has 2 aromatic rings. The molecule has 0 aliphatic rings. The van der Waals surface area contributed by atoms with Gasteiger partial charge in [-0.25, -0.2) is 4.39 Å². The first-order chi connectivity index (χ1) is 12.4. The lowest BCUT2D eigenvalue weighted by atomic mass is 9.96. The summed E-state index contributed by atoms with van der Waals surface area (Å²) < 4.78 is 18.7. The highest BCUT2D eigenvalue weighted by Gasteiger charge is 2.12. The fourth-order valence-electron chi connectivity index (χ4n) is 2.82. The lowest BCUT2D eigenvalue weighted by Crippen LogP contribution is -2.37. The van der Waals surface area contributed by atoms with Crippen LogP contribution in [0.25, 0.3) is 0 Å². The van der Waals surface area contributed by atoms with Gasteiger partial charge >= 0.3 is 0 Å².